The zero-order chi connectivity index (χ0) is 10.8. The lowest BCUT2D eigenvalue weighted by molar-refractivity contribution is -0.130. The van der Waals surface area contributed by atoms with Crippen molar-refractivity contribution in [2.75, 3.05) is 26.0 Å². The molecule has 0 fully saturated rings. The quantitative estimate of drug-likeness (QED) is 0.754. The summed E-state index contributed by atoms with van der Waals surface area (Å²) in [5, 5.41) is 3.32. The molecule has 1 amide bonds. The first-order chi connectivity index (χ1) is 7.20. The zero-order valence-corrected chi connectivity index (χ0v) is 9.16. The Balaban J connectivity index is 2.34. The van der Waals surface area contributed by atoms with Crippen LogP contribution in [0.3, 0.4) is 0 Å². The lowest BCUT2D eigenvalue weighted by Crippen LogP contribution is -2.32. The Kier molecular flexibility index (Phi) is 2.62. The van der Waals surface area contributed by atoms with Crippen LogP contribution in [-0.4, -0.2) is 31.4 Å². The van der Waals surface area contributed by atoms with Gasteiger partial charge in [0.05, 0.1) is 5.92 Å². The van der Waals surface area contributed by atoms with E-state index in [0.717, 1.165) is 24.2 Å². The van der Waals surface area contributed by atoms with Crippen molar-refractivity contribution < 1.29 is 4.79 Å². The predicted octanol–water partition coefficient (Wildman–Crippen LogP) is 1.67. The van der Waals surface area contributed by atoms with Crippen molar-refractivity contribution in [2.24, 2.45) is 0 Å². The van der Waals surface area contributed by atoms with E-state index in [2.05, 4.69) is 5.32 Å². The number of hydrogen-bond acceptors (Lipinski definition) is 2. The third-order valence-corrected chi connectivity index (χ3v) is 2.82. The smallest absolute Gasteiger partial charge is 0.229 e. The highest BCUT2D eigenvalue weighted by Crippen LogP contribution is 2.32. The topological polar surface area (TPSA) is 32.3 Å². The summed E-state index contributed by atoms with van der Waals surface area (Å²) in [5.41, 5.74) is 2.23. The third kappa shape index (κ3) is 1.82. The predicted molar refractivity (Wildman–Crippen MR) is 61.0 cm³/mol. The van der Waals surface area contributed by atoms with Gasteiger partial charge in [0.1, 0.15) is 0 Å². The molecule has 1 unspecified atom stereocenters. The van der Waals surface area contributed by atoms with Crippen molar-refractivity contribution in [3.05, 3.63) is 29.8 Å². The van der Waals surface area contributed by atoms with Gasteiger partial charge < -0.3 is 10.2 Å². The number of hydrogen-bond donors (Lipinski definition) is 1. The van der Waals surface area contributed by atoms with Crippen LogP contribution >= 0.6 is 0 Å². The van der Waals surface area contributed by atoms with E-state index in [-0.39, 0.29) is 11.8 Å². The summed E-state index contributed by atoms with van der Waals surface area (Å²) in [7, 11) is 3.62. The van der Waals surface area contributed by atoms with Gasteiger partial charge in [0.15, 0.2) is 0 Å². The molecule has 3 heteroatoms. The molecule has 1 heterocycles. The highest BCUT2D eigenvalue weighted by atomic mass is 16.2. The minimum atomic E-state index is 0.0254. The average Bonchev–Trinajstić information content (AvgIpc) is 2.27. The second-order valence-electron chi connectivity index (χ2n) is 4.09. The number of carbonyl (C=O) groups is 1. The molecule has 0 aliphatic carbocycles. The molecule has 0 radical (unpaired) electrons. The highest BCUT2D eigenvalue weighted by molar-refractivity contribution is 5.86. The van der Waals surface area contributed by atoms with Crippen molar-refractivity contribution >= 4 is 11.6 Å². The van der Waals surface area contributed by atoms with Gasteiger partial charge in [-0.1, -0.05) is 18.2 Å². The summed E-state index contributed by atoms with van der Waals surface area (Å²) < 4.78 is 0. The van der Waals surface area contributed by atoms with Crippen LogP contribution in [0.4, 0.5) is 5.69 Å². The number of para-hydroxylation sites is 1. The Bertz CT molecular complexity index is 374. The van der Waals surface area contributed by atoms with Crippen molar-refractivity contribution in [1.82, 2.24) is 4.90 Å². The van der Waals surface area contributed by atoms with E-state index in [1.54, 1.807) is 4.90 Å². The minimum Gasteiger partial charge on any atom is -0.385 e. The van der Waals surface area contributed by atoms with Crippen LogP contribution < -0.4 is 5.32 Å². The van der Waals surface area contributed by atoms with Crippen LogP contribution in [-0.2, 0) is 4.79 Å². The standard InChI is InChI=1S/C12H16N2O/c1-14(2)12(15)10-7-8-13-11-6-4-3-5-9(10)11/h3-6,10,13H,7-8H2,1-2H3. The molecule has 0 spiro atoms. The molecule has 15 heavy (non-hydrogen) atoms. The summed E-state index contributed by atoms with van der Waals surface area (Å²) in [5.74, 6) is 0.224. The first-order valence-electron chi connectivity index (χ1n) is 5.24. The maximum atomic E-state index is 12.0. The highest BCUT2D eigenvalue weighted by Gasteiger charge is 2.26. The molecule has 0 saturated heterocycles. The molecule has 1 atom stereocenters. The number of benzene rings is 1. The monoisotopic (exact) mass is 204 g/mol. The maximum absolute atomic E-state index is 12.0. The Labute approximate surface area is 90.1 Å². The number of nitrogens with one attached hydrogen (secondary N) is 1. The number of likely N-dealkylation sites (N-methyl/N-ethyl adjacent to an activating group) is 1. The zero-order valence-electron chi connectivity index (χ0n) is 9.16. The molecule has 80 valence electrons. The fraction of sp³-hybridized carbons (Fsp3) is 0.417. The van der Waals surface area contributed by atoms with Gasteiger partial charge in [0.2, 0.25) is 5.91 Å². The fourth-order valence-electron chi connectivity index (χ4n) is 2.04. The number of anilines is 1. The van der Waals surface area contributed by atoms with E-state index >= 15 is 0 Å². The van der Waals surface area contributed by atoms with Gasteiger partial charge in [-0.2, -0.15) is 0 Å². The van der Waals surface area contributed by atoms with Crippen LogP contribution in [0.1, 0.15) is 17.9 Å². The molecule has 1 aliphatic heterocycles. The SMILES string of the molecule is CN(C)C(=O)C1CCNc2ccccc21. The molecule has 1 aromatic carbocycles. The van der Waals surface area contributed by atoms with E-state index < -0.39 is 0 Å². The van der Waals surface area contributed by atoms with Gasteiger partial charge in [0.25, 0.3) is 0 Å². The first kappa shape index (κ1) is 10.0. The lowest BCUT2D eigenvalue weighted by atomic mass is 9.90. The van der Waals surface area contributed by atoms with Crippen LogP contribution in [0.25, 0.3) is 0 Å². The number of fused-ring (bicyclic) bond motifs is 1. The molecule has 0 aromatic heterocycles. The normalized spacial score (nSPS) is 18.9. The van der Waals surface area contributed by atoms with Gasteiger partial charge in [-0.25, -0.2) is 0 Å². The molecule has 1 N–H and O–H groups in total. The Morgan fingerprint density at radius 1 is 1.40 bits per heavy atom. The molecule has 3 nitrogen and oxygen atoms in total. The number of nitrogens with zero attached hydrogens (tertiary/aromatic N) is 1. The number of rotatable bonds is 1. The maximum Gasteiger partial charge on any atom is 0.229 e. The van der Waals surface area contributed by atoms with Gasteiger partial charge in [-0.05, 0) is 18.1 Å². The summed E-state index contributed by atoms with van der Waals surface area (Å²) in [6.07, 6.45) is 0.883. The third-order valence-electron chi connectivity index (χ3n) is 2.82. The van der Waals surface area contributed by atoms with Gasteiger partial charge in [0, 0.05) is 26.3 Å². The summed E-state index contributed by atoms with van der Waals surface area (Å²) in [6.45, 7) is 0.876. The summed E-state index contributed by atoms with van der Waals surface area (Å²) in [4.78, 5) is 13.6. The van der Waals surface area contributed by atoms with Crippen LogP contribution in [0.2, 0.25) is 0 Å². The summed E-state index contributed by atoms with van der Waals surface area (Å²) in [6, 6.07) is 8.05. The van der Waals surface area contributed by atoms with E-state index in [4.69, 9.17) is 0 Å². The largest absolute Gasteiger partial charge is 0.385 e. The van der Waals surface area contributed by atoms with E-state index in [0.29, 0.717) is 0 Å². The van der Waals surface area contributed by atoms with Crippen LogP contribution in [0.15, 0.2) is 24.3 Å². The van der Waals surface area contributed by atoms with Crippen molar-refractivity contribution in [3.63, 3.8) is 0 Å². The number of carbonyl (C=O) groups excluding carboxylic acids is 1. The van der Waals surface area contributed by atoms with E-state index in [1.807, 2.05) is 38.4 Å². The van der Waals surface area contributed by atoms with E-state index in [1.165, 1.54) is 0 Å². The number of amides is 1. The second-order valence-corrected chi connectivity index (χ2v) is 4.09. The lowest BCUT2D eigenvalue weighted by Gasteiger charge is -2.27. The van der Waals surface area contributed by atoms with Gasteiger partial charge in [-0.15, -0.1) is 0 Å². The summed E-state index contributed by atoms with van der Waals surface area (Å²) >= 11 is 0. The molecule has 0 saturated carbocycles. The van der Waals surface area contributed by atoms with Gasteiger partial charge in [-0.3, -0.25) is 4.79 Å². The Morgan fingerprint density at radius 2 is 2.13 bits per heavy atom. The molecule has 2 rings (SSSR count). The molecular formula is C12H16N2O. The molecule has 1 aromatic rings. The molecule has 1 aliphatic rings. The van der Waals surface area contributed by atoms with Gasteiger partial charge >= 0.3 is 0 Å². The second kappa shape index (κ2) is 3.93. The first-order valence-corrected chi connectivity index (χ1v) is 5.24. The van der Waals surface area contributed by atoms with Crippen molar-refractivity contribution in [3.8, 4) is 0 Å². The van der Waals surface area contributed by atoms with Crippen LogP contribution in [0, 0.1) is 0 Å². The van der Waals surface area contributed by atoms with E-state index in [9.17, 15) is 4.79 Å². The van der Waals surface area contributed by atoms with Crippen LogP contribution in [0.5, 0.6) is 0 Å². The fourth-order valence-corrected chi connectivity index (χ4v) is 2.04. The van der Waals surface area contributed by atoms with Crippen molar-refractivity contribution in [2.45, 2.75) is 12.3 Å². The Morgan fingerprint density at radius 3 is 2.87 bits per heavy atom. The molecule has 0 bridgehead atoms. The Hall–Kier alpha value is -1.51. The molecular weight excluding hydrogens is 188 g/mol. The van der Waals surface area contributed by atoms with Crippen molar-refractivity contribution in [1.29, 1.82) is 0 Å². The average molecular weight is 204 g/mol. The minimum absolute atomic E-state index is 0.0254.